The lowest BCUT2D eigenvalue weighted by atomic mass is 9.97. The Morgan fingerprint density at radius 3 is 2.67 bits per heavy atom. The van der Waals surface area contributed by atoms with Crippen LogP contribution >= 0.6 is 0 Å². The van der Waals surface area contributed by atoms with Gasteiger partial charge in [-0.2, -0.15) is 0 Å². The van der Waals surface area contributed by atoms with Crippen LogP contribution < -0.4 is 11.1 Å². The summed E-state index contributed by atoms with van der Waals surface area (Å²) in [5, 5.41) is 2.71. The van der Waals surface area contributed by atoms with Crippen LogP contribution in [0.15, 0.2) is 65.7 Å². The predicted molar refractivity (Wildman–Crippen MR) is 113 cm³/mol. The first-order chi connectivity index (χ1) is 14.5. The Labute approximate surface area is 173 Å². The quantitative estimate of drug-likeness (QED) is 0.661. The van der Waals surface area contributed by atoms with E-state index in [1.165, 1.54) is 17.7 Å². The molecule has 152 valence electrons. The Bertz CT molecular complexity index is 1160. The Balaban J connectivity index is 1.59. The maximum atomic E-state index is 14.1. The van der Waals surface area contributed by atoms with E-state index in [9.17, 15) is 13.6 Å². The first-order valence-corrected chi connectivity index (χ1v) is 9.67. The molecule has 4 rings (SSSR count). The van der Waals surface area contributed by atoms with Gasteiger partial charge >= 0.3 is 0 Å². The van der Waals surface area contributed by atoms with E-state index in [2.05, 4.69) is 22.4 Å². The van der Waals surface area contributed by atoms with Crippen molar-refractivity contribution < 1.29 is 13.6 Å². The minimum absolute atomic E-state index is 0.0235. The van der Waals surface area contributed by atoms with Gasteiger partial charge in [-0.25, -0.2) is 8.78 Å². The van der Waals surface area contributed by atoms with Crippen molar-refractivity contribution >= 4 is 11.6 Å². The van der Waals surface area contributed by atoms with Crippen molar-refractivity contribution in [1.29, 1.82) is 0 Å². The summed E-state index contributed by atoms with van der Waals surface area (Å²) in [4.78, 5) is 17.3. The molecule has 1 atom stereocenters. The largest absolute Gasteiger partial charge is 0.344 e. The Morgan fingerprint density at radius 1 is 1.10 bits per heavy atom. The van der Waals surface area contributed by atoms with Crippen LogP contribution in [0.25, 0.3) is 11.1 Å². The van der Waals surface area contributed by atoms with E-state index >= 15 is 0 Å². The van der Waals surface area contributed by atoms with Crippen LogP contribution in [0.5, 0.6) is 0 Å². The van der Waals surface area contributed by atoms with E-state index in [-0.39, 0.29) is 12.1 Å². The number of hydrogen-bond donors (Lipinski definition) is 2. The zero-order valence-electron chi connectivity index (χ0n) is 16.5. The number of benzene rings is 3. The monoisotopic (exact) mass is 405 g/mol. The van der Waals surface area contributed by atoms with E-state index in [0.717, 1.165) is 28.5 Å². The molecule has 3 aromatic rings. The van der Waals surface area contributed by atoms with Gasteiger partial charge in [0.15, 0.2) is 11.6 Å². The van der Waals surface area contributed by atoms with Gasteiger partial charge in [-0.05, 0) is 47.9 Å². The molecule has 1 amide bonds. The number of nitrogens with two attached hydrogens (primary N) is 1. The Morgan fingerprint density at radius 2 is 1.87 bits per heavy atom. The molecule has 0 fully saturated rings. The van der Waals surface area contributed by atoms with Crippen LogP contribution in [-0.4, -0.2) is 18.2 Å². The Hall–Kier alpha value is -3.38. The first-order valence-electron chi connectivity index (χ1n) is 9.67. The predicted octanol–water partition coefficient (Wildman–Crippen LogP) is 4.38. The van der Waals surface area contributed by atoms with Crippen LogP contribution in [0.3, 0.4) is 0 Å². The molecule has 0 aliphatic carbocycles. The van der Waals surface area contributed by atoms with Crippen molar-refractivity contribution in [3.63, 3.8) is 0 Å². The molecule has 0 bridgehead atoms. The van der Waals surface area contributed by atoms with Crippen LogP contribution in [0.1, 0.15) is 40.0 Å². The normalized spacial score (nSPS) is 13.5. The number of fused-ring (bicyclic) bond motifs is 1. The third kappa shape index (κ3) is 3.74. The lowest BCUT2D eigenvalue weighted by molar-refractivity contribution is 0.0937. The number of nitrogens with zero attached hydrogens (tertiary/aromatic N) is 1. The zero-order chi connectivity index (χ0) is 21.3. The highest BCUT2D eigenvalue weighted by molar-refractivity contribution is 6.03. The molecule has 3 aromatic carbocycles. The van der Waals surface area contributed by atoms with E-state index in [1.54, 1.807) is 18.2 Å². The first kappa shape index (κ1) is 19.9. The number of amides is 1. The minimum Gasteiger partial charge on any atom is -0.344 e. The molecule has 0 saturated heterocycles. The van der Waals surface area contributed by atoms with Gasteiger partial charge in [0.2, 0.25) is 0 Å². The van der Waals surface area contributed by atoms with Crippen molar-refractivity contribution in [2.24, 2.45) is 10.7 Å². The molecule has 4 nitrogen and oxygen atoms in total. The summed E-state index contributed by atoms with van der Waals surface area (Å²) in [6.45, 7) is 2.62. The number of carbonyl (C=O) groups is 1. The molecule has 1 aliphatic rings. The van der Waals surface area contributed by atoms with Gasteiger partial charge in [-0.3, -0.25) is 9.79 Å². The molecule has 0 radical (unpaired) electrons. The van der Waals surface area contributed by atoms with Gasteiger partial charge in [0.1, 0.15) is 0 Å². The topological polar surface area (TPSA) is 67.5 Å². The Kier molecular flexibility index (Phi) is 5.42. The summed E-state index contributed by atoms with van der Waals surface area (Å²) in [5.74, 6) is -2.38. The maximum Gasteiger partial charge on any atom is 0.251 e. The van der Waals surface area contributed by atoms with Gasteiger partial charge in [0.05, 0.1) is 12.6 Å². The van der Waals surface area contributed by atoms with E-state index < -0.39 is 23.6 Å². The third-order valence-electron chi connectivity index (χ3n) is 5.34. The molecule has 1 aliphatic heterocycles. The van der Waals surface area contributed by atoms with Gasteiger partial charge in [-0.1, -0.05) is 36.4 Å². The average Bonchev–Trinajstić information content (AvgIpc) is 3.14. The second-order valence-electron chi connectivity index (χ2n) is 7.26. The molecular weight excluding hydrogens is 384 g/mol. The molecular formula is C24H21F2N3O. The second-order valence-corrected chi connectivity index (χ2v) is 7.26. The number of carbonyl (C=O) groups excluding carboxylic acids is 1. The lowest BCUT2D eigenvalue weighted by Gasteiger charge is -2.18. The number of rotatable bonds is 5. The van der Waals surface area contributed by atoms with Gasteiger partial charge in [-0.15, -0.1) is 0 Å². The SMILES string of the molecule is CC1=NCc2ccc(-c3cccc(C(=O)NC(CN)c4cccc(F)c4F)c3)cc21. The van der Waals surface area contributed by atoms with Crippen molar-refractivity contribution in [2.45, 2.75) is 19.5 Å². The van der Waals surface area contributed by atoms with E-state index in [1.807, 2.05) is 19.1 Å². The van der Waals surface area contributed by atoms with Gasteiger partial charge in [0.25, 0.3) is 5.91 Å². The van der Waals surface area contributed by atoms with Crippen LogP contribution in [-0.2, 0) is 6.54 Å². The van der Waals surface area contributed by atoms with Crippen molar-refractivity contribution in [3.8, 4) is 11.1 Å². The fourth-order valence-electron chi connectivity index (χ4n) is 3.65. The third-order valence-corrected chi connectivity index (χ3v) is 5.34. The fraction of sp³-hybridized carbons (Fsp3) is 0.167. The van der Waals surface area contributed by atoms with E-state index in [0.29, 0.717) is 12.1 Å². The highest BCUT2D eigenvalue weighted by Crippen LogP contribution is 2.27. The second kappa shape index (κ2) is 8.16. The minimum atomic E-state index is -1.00. The molecule has 0 spiro atoms. The number of nitrogens with one attached hydrogen (secondary N) is 1. The molecule has 6 heteroatoms. The summed E-state index contributed by atoms with van der Waals surface area (Å²) >= 11 is 0. The van der Waals surface area contributed by atoms with Crippen molar-refractivity contribution in [2.75, 3.05) is 6.54 Å². The van der Waals surface area contributed by atoms with Gasteiger partial charge in [0, 0.05) is 28.9 Å². The molecule has 3 N–H and O–H groups in total. The molecule has 1 heterocycles. The summed E-state index contributed by atoms with van der Waals surface area (Å²) in [6.07, 6.45) is 0. The summed E-state index contributed by atoms with van der Waals surface area (Å²) in [5.41, 5.74) is 11.3. The summed E-state index contributed by atoms with van der Waals surface area (Å²) in [7, 11) is 0. The molecule has 30 heavy (non-hydrogen) atoms. The molecule has 1 unspecified atom stereocenters. The van der Waals surface area contributed by atoms with E-state index in [4.69, 9.17) is 5.73 Å². The van der Waals surface area contributed by atoms with Crippen molar-refractivity contribution in [1.82, 2.24) is 5.32 Å². The maximum absolute atomic E-state index is 14.1. The average molecular weight is 405 g/mol. The number of hydrogen-bond acceptors (Lipinski definition) is 3. The molecule has 0 saturated carbocycles. The van der Waals surface area contributed by atoms with Crippen LogP contribution in [0.2, 0.25) is 0 Å². The standard InChI is InChI=1S/C24H21F2N3O/c1-14-20-11-16(8-9-18(20)13-28-14)15-4-2-5-17(10-15)24(30)29-22(12-27)19-6-3-7-21(25)23(19)26/h2-11,22H,12-13,27H2,1H3,(H,29,30). The smallest absolute Gasteiger partial charge is 0.251 e. The highest BCUT2D eigenvalue weighted by Gasteiger charge is 2.20. The number of aliphatic imine (C=N–C) groups is 1. The highest BCUT2D eigenvalue weighted by atomic mass is 19.2. The molecule has 0 aromatic heterocycles. The van der Waals surface area contributed by atoms with Gasteiger partial charge < -0.3 is 11.1 Å². The zero-order valence-corrected chi connectivity index (χ0v) is 16.5. The number of halogens is 2. The summed E-state index contributed by atoms with van der Waals surface area (Å²) < 4.78 is 27.7. The van der Waals surface area contributed by atoms with Crippen LogP contribution in [0, 0.1) is 11.6 Å². The summed E-state index contributed by atoms with van der Waals surface area (Å²) in [6, 6.07) is 16.3. The lowest BCUT2D eigenvalue weighted by Crippen LogP contribution is -2.34. The van der Waals surface area contributed by atoms with Crippen LogP contribution in [0.4, 0.5) is 8.78 Å². The van der Waals surface area contributed by atoms with Crippen molar-refractivity contribution in [3.05, 3.63) is 94.6 Å². The fourth-order valence-corrected chi connectivity index (χ4v) is 3.65.